The van der Waals surface area contributed by atoms with E-state index in [1.807, 2.05) is 13.0 Å². The summed E-state index contributed by atoms with van der Waals surface area (Å²) in [6.07, 6.45) is 7.18. The number of ether oxygens (including phenoxy) is 1. The number of Topliss-reactive ketones (excluding diaryl/α,β-unsaturated/α-hetero) is 1. The van der Waals surface area contributed by atoms with E-state index in [-0.39, 0.29) is 22.4 Å². The summed E-state index contributed by atoms with van der Waals surface area (Å²) in [6.45, 7) is 2.00. The topological polar surface area (TPSA) is 59.4 Å². The number of carbonyl (C=O) groups excluding carboxylic acids is 1. The molecule has 0 unspecified atom stereocenters. The summed E-state index contributed by atoms with van der Waals surface area (Å²) in [7, 11) is 0. The number of nitrogens with zero attached hydrogens (tertiary/aromatic N) is 1. The number of hydrogen-bond acceptors (Lipinski definition) is 4. The number of benzene rings is 1. The molecule has 0 saturated heterocycles. The van der Waals surface area contributed by atoms with Gasteiger partial charge in [-0.2, -0.15) is 0 Å². The van der Waals surface area contributed by atoms with Crippen molar-refractivity contribution < 1.29 is 19.0 Å². The molecule has 158 valence electrons. The molecule has 0 radical (unpaired) electrons. The van der Waals surface area contributed by atoms with E-state index < -0.39 is 5.82 Å². The summed E-state index contributed by atoms with van der Waals surface area (Å²) in [4.78, 5) is 17.1. The van der Waals surface area contributed by atoms with Gasteiger partial charge >= 0.3 is 0 Å². The highest BCUT2D eigenvalue weighted by molar-refractivity contribution is 6.30. The average molecular weight is 430 g/mol. The molecule has 2 aromatic rings. The first-order valence-corrected chi connectivity index (χ1v) is 10.9. The second-order valence-corrected chi connectivity index (χ2v) is 8.69. The van der Waals surface area contributed by atoms with Crippen molar-refractivity contribution in [2.75, 3.05) is 0 Å². The summed E-state index contributed by atoms with van der Waals surface area (Å²) < 4.78 is 19.8. The van der Waals surface area contributed by atoms with Gasteiger partial charge in [-0.1, -0.05) is 24.6 Å². The number of aliphatic hydroxyl groups is 1. The molecule has 1 heterocycles. The van der Waals surface area contributed by atoms with E-state index in [0.717, 1.165) is 37.3 Å². The number of hydrogen-bond donors (Lipinski definition) is 1. The van der Waals surface area contributed by atoms with Gasteiger partial charge in [-0.15, -0.1) is 0 Å². The van der Waals surface area contributed by atoms with Crippen LogP contribution in [0.4, 0.5) is 4.39 Å². The average Bonchev–Trinajstić information content (AvgIpc) is 2.81. The third-order valence-electron chi connectivity index (χ3n) is 6.21. The fourth-order valence-corrected chi connectivity index (χ4v) is 4.74. The van der Waals surface area contributed by atoms with Crippen LogP contribution in [0, 0.1) is 17.7 Å². The van der Waals surface area contributed by atoms with E-state index in [1.165, 1.54) is 6.20 Å². The number of ketones is 1. The maximum Gasteiger partial charge on any atom is 0.255 e. The molecule has 1 saturated carbocycles. The van der Waals surface area contributed by atoms with Crippen molar-refractivity contribution in [3.05, 3.63) is 58.2 Å². The van der Waals surface area contributed by atoms with E-state index in [1.54, 1.807) is 12.1 Å². The number of aromatic nitrogens is 1. The minimum absolute atomic E-state index is 0.0253. The lowest BCUT2D eigenvalue weighted by Crippen LogP contribution is -2.15. The van der Waals surface area contributed by atoms with Crippen molar-refractivity contribution in [1.29, 1.82) is 0 Å². The molecule has 1 N–H and O–H groups in total. The summed E-state index contributed by atoms with van der Waals surface area (Å²) in [5.41, 5.74) is 1.99. The number of halogens is 2. The molecule has 0 aliphatic heterocycles. The Morgan fingerprint density at radius 1 is 1.17 bits per heavy atom. The van der Waals surface area contributed by atoms with Crippen molar-refractivity contribution >= 4 is 23.0 Å². The molecule has 0 atom stereocenters. The number of aryl methyl sites for hydroxylation is 1. The maximum absolute atomic E-state index is 14.1. The van der Waals surface area contributed by atoms with Gasteiger partial charge in [-0.05, 0) is 73.3 Å². The zero-order valence-corrected chi connectivity index (χ0v) is 17.7. The highest BCUT2D eigenvalue weighted by atomic mass is 35.5. The maximum atomic E-state index is 14.1. The van der Waals surface area contributed by atoms with Crippen LogP contribution in [-0.2, 0) is 11.2 Å². The predicted octanol–water partition coefficient (Wildman–Crippen LogP) is 6.67. The smallest absolute Gasteiger partial charge is 0.255 e. The van der Waals surface area contributed by atoms with Gasteiger partial charge in [0.1, 0.15) is 11.5 Å². The Labute approximate surface area is 180 Å². The van der Waals surface area contributed by atoms with E-state index >= 15 is 0 Å². The molecule has 4 nitrogen and oxygen atoms in total. The van der Waals surface area contributed by atoms with Crippen LogP contribution in [0.15, 0.2) is 36.2 Å². The van der Waals surface area contributed by atoms with Gasteiger partial charge < -0.3 is 9.84 Å². The Morgan fingerprint density at radius 2 is 1.87 bits per heavy atom. The van der Waals surface area contributed by atoms with Gasteiger partial charge in [0.2, 0.25) is 0 Å². The van der Waals surface area contributed by atoms with Crippen LogP contribution in [0.1, 0.15) is 56.6 Å². The first kappa shape index (κ1) is 20.9. The first-order valence-electron chi connectivity index (χ1n) is 10.5. The molecule has 1 fully saturated rings. The third kappa shape index (κ3) is 4.36. The molecule has 1 aromatic heterocycles. The highest BCUT2D eigenvalue weighted by Crippen LogP contribution is 2.40. The fourth-order valence-electron chi connectivity index (χ4n) is 4.59. The zero-order valence-electron chi connectivity index (χ0n) is 17.0. The van der Waals surface area contributed by atoms with Crippen LogP contribution in [0.25, 0.3) is 5.57 Å². The standard InChI is InChI=1S/C24H25ClFNO3/c1-2-16-7-8-18(30-24-20(26)11-17(25)13-27-24)12-19(16)23-21(28)9-14-3-4-15(6-5-14)10-22(23)29/h7-8,11-15,28H,2-6,9-10H2,1H3/b23-21+/t14-,15+. The van der Waals surface area contributed by atoms with Gasteiger partial charge in [0, 0.05) is 19.0 Å². The van der Waals surface area contributed by atoms with Gasteiger partial charge in [0.15, 0.2) is 11.6 Å². The molecule has 0 spiro atoms. The van der Waals surface area contributed by atoms with Crippen LogP contribution in [0.3, 0.4) is 0 Å². The second kappa shape index (κ2) is 8.76. The Balaban J connectivity index is 1.74. The minimum Gasteiger partial charge on any atom is -0.512 e. The van der Waals surface area contributed by atoms with E-state index in [4.69, 9.17) is 16.3 Å². The number of aliphatic hydroxyl groups excluding tert-OH is 1. The quantitative estimate of drug-likeness (QED) is 0.589. The van der Waals surface area contributed by atoms with Crippen LogP contribution in [-0.4, -0.2) is 15.9 Å². The van der Waals surface area contributed by atoms with E-state index in [2.05, 4.69) is 4.98 Å². The Kier molecular flexibility index (Phi) is 6.09. The summed E-state index contributed by atoms with van der Waals surface area (Å²) >= 11 is 5.76. The molecule has 5 rings (SSSR count). The molecule has 30 heavy (non-hydrogen) atoms. The van der Waals surface area contributed by atoms with Gasteiger partial charge in [-0.3, -0.25) is 4.79 Å². The highest BCUT2D eigenvalue weighted by Gasteiger charge is 2.31. The van der Waals surface area contributed by atoms with E-state index in [0.29, 0.717) is 48.0 Å². The summed E-state index contributed by atoms with van der Waals surface area (Å²) in [6, 6.07) is 6.42. The molecule has 3 aliphatic carbocycles. The SMILES string of the molecule is CCc1ccc(Oc2ncc(Cl)cc2F)cc1/C1=C(\O)C[C@H]2CC[C@H](CC2)CC1=O. The van der Waals surface area contributed by atoms with Crippen molar-refractivity contribution in [2.45, 2.75) is 51.9 Å². The van der Waals surface area contributed by atoms with Gasteiger partial charge in [0.25, 0.3) is 5.88 Å². The predicted molar refractivity (Wildman–Crippen MR) is 114 cm³/mol. The van der Waals surface area contributed by atoms with E-state index in [9.17, 15) is 14.3 Å². The molecular formula is C24H25ClFNO3. The monoisotopic (exact) mass is 429 g/mol. The fraction of sp³-hybridized carbons (Fsp3) is 0.417. The van der Waals surface area contributed by atoms with Gasteiger partial charge in [0.05, 0.1) is 10.6 Å². The lowest BCUT2D eigenvalue weighted by Gasteiger charge is -2.26. The number of carbonyl (C=O) groups is 1. The summed E-state index contributed by atoms with van der Waals surface area (Å²) in [5, 5.41) is 11.1. The Bertz CT molecular complexity index is 996. The number of rotatable bonds is 4. The molecule has 1 aromatic carbocycles. The normalized spacial score (nSPS) is 24.3. The molecular weight excluding hydrogens is 405 g/mol. The van der Waals surface area contributed by atoms with Crippen molar-refractivity contribution in [3.63, 3.8) is 0 Å². The van der Waals surface area contributed by atoms with Crippen molar-refractivity contribution in [3.8, 4) is 11.6 Å². The summed E-state index contributed by atoms with van der Waals surface area (Å²) in [5.74, 6) is 0.433. The third-order valence-corrected chi connectivity index (χ3v) is 6.42. The minimum atomic E-state index is -0.666. The Hall–Kier alpha value is -2.40. The van der Waals surface area contributed by atoms with Crippen LogP contribution < -0.4 is 4.74 Å². The lowest BCUT2D eigenvalue weighted by molar-refractivity contribution is -0.114. The van der Waals surface area contributed by atoms with Crippen molar-refractivity contribution in [1.82, 2.24) is 4.98 Å². The van der Waals surface area contributed by atoms with Crippen LogP contribution in [0.2, 0.25) is 5.02 Å². The van der Waals surface area contributed by atoms with Crippen LogP contribution >= 0.6 is 11.6 Å². The molecule has 6 heteroatoms. The van der Waals surface area contributed by atoms with Crippen LogP contribution in [0.5, 0.6) is 11.6 Å². The molecule has 0 amide bonds. The lowest BCUT2D eigenvalue weighted by atomic mass is 9.79. The van der Waals surface area contributed by atoms with Gasteiger partial charge in [-0.25, -0.2) is 9.37 Å². The van der Waals surface area contributed by atoms with Crippen molar-refractivity contribution in [2.24, 2.45) is 11.8 Å². The molecule has 3 aliphatic rings. The Morgan fingerprint density at radius 3 is 2.53 bits per heavy atom. The molecule has 2 bridgehead atoms. The zero-order chi connectivity index (χ0) is 21.3. The largest absolute Gasteiger partial charge is 0.512 e. The number of pyridine rings is 1. The number of fused-ring (bicyclic) bond motifs is 5. The first-order chi connectivity index (χ1) is 14.4. The number of allylic oxidation sites excluding steroid dienone is 2. The second-order valence-electron chi connectivity index (χ2n) is 8.25.